The molecule has 1 unspecified atom stereocenters. The van der Waals surface area contributed by atoms with E-state index in [1.165, 1.54) is 5.56 Å². The first-order chi connectivity index (χ1) is 10.5. The van der Waals surface area contributed by atoms with E-state index in [1.807, 2.05) is 49.4 Å². The van der Waals surface area contributed by atoms with Crippen molar-refractivity contribution in [3.63, 3.8) is 0 Å². The maximum atomic E-state index is 10.9. The zero-order valence-electron chi connectivity index (χ0n) is 12.1. The van der Waals surface area contributed by atoms with Gasteiger partial charge in [0.15, 0.2) is 5.76 Å². The van der Waals surface area contributed by atoms with Crippen molar-refractivity contribution in [2.75, 3.05) is 0 Å². The van der Waals surface area contributed by atoms with E-state index in [1.54, 1.807) is 0 Å². The minimum absolute atomic E-state index is 0.268. The van der Waals surface area contributed by atoms with Gasteiger partial charge in [0.05, 0.1) is 0 Å². The van der Waals surface area contributed by atoms with Gasteiger partial charge in [-0.2, -0.15) is 0 Å². The van der Waals surface area contributed by atoms with Gasteiger partial charge in [-0.15, -0.1) is 0 Å². The highest BCUT2D eigenvalue weighted by Gasteiger charge is 2.15. The first-order valence-electron chi connectivity index (χ1n) is 6.98. The number of aromatic nitrogens is 1. The second-order valence-corrected chi connectivity index (χ2v) is 5.38. The molecule has 22 heavy (non-hydrogen) atoms. The standard InChI is InChI=1S/C17H16N2O3/c1-10-2-5-12(6-3-10)16-13-8-11(9-14(18)17(20)21)4-7-15(13)19-22-16/h2-8,14H,9,18H2,1H3,(H,20,21). The quantitative estimate of drug-likeness (QED) is 0.772. The molecule has 0 aliphatic rings. The molecule has 0 bridgehead atoms. The first-order valence-corrected chi connectivity index (χ1v) is 6.98. The lowest BCUT2D eigenvalue weighted by molar-refractivity contribution is -0.138. The van der Waals surface area contributed by atoms with Crippen LogP contribution in [0.15, 0.2) is 47.0 Å². The van der Waals surface area contributed by atoms with E-state index in [2.05, 4.69) is 5.16 Å². The molecule has 0 amide bonds. The summed E-state index contributed by atoms with van der Waals surface area (Å²) in [7, 11) is 0. The smallest absolute Gasteiger partial charge is 0.320 e. The third-order valence-electron chi connectivity index (χ3n) is 3.63. The average Bonchev–Trinajstić information content (AvgIpc) is 2.91. The topological polar surface area (TPSA) is 89.4 Å². The highest BCUT2D eigenvalue weighted by molar-refractivity contribution is 5.92. The van der Waals surface area contributed by atoms with Crippen molar-refractivity contribution in [3.05, 3.63) is 53.6 Å². The zero-order chi connectivity index (χ0) is 15.7. The van der Waals surface area contributed by atoms with Crippen LogP contribution in [-0.4, -0.2) is 22.3 Å². The number of aliphatic carboxylic acids is 1. The van der Waals surface area contributed by atoms with Crippen molar-refractivity contribution in [1.82, 2.24) is 5.16 Å². The Morgan fingerprint density at radius 3 is 2.68 bits per heavy atom. The van der Waals surface area contributed by atoms with Crippen LogP contribution in [0.5, 0.6) is 0 Å². The van der Waals surface area contributed by atoms with Crippen LogP contribution in [0.4, 0.5) is 0 Å². The molecule has 3 aromatic rings. The fourth-order valence-electron chi connectivity index (χ4n) is 2.37. The van der Waals surface area contributed by atoms with Crippen molar-refractivity contribution in [1.29, 1.82) is 0 Å². The summed E-state index contributed by atoms with van der Waals surface area (Å²) in [5.41, 5.74) is 9.29. The number of aryl methyl sites for hydroxylation is 1. The summed E-state index contributed by atoms with van der Waals surface area (Å²) in [5, 5.41) is 13.8. The van der Waals surface area contributed by atoms with E-state index in [0.717, 1.165) is 22.0 Å². The summed E-state index contributed by atoms with van der Waals surface area (Å²) in [6.45, 7) is 2.02. The zero-order valence-corrected chi connectivity index (χ0v) is 12.1. The lowest BCUT2D eigenvalue weighted by atomic mass is 10.0. The summed E-state index contributed by atoms with van der Waals surface area (Å²) >= 11 is 0. The molecule has 1 heterocycles. The number of nitrogens with zero attached hydrogens (tertiary/aromatic N) is 1. The molecule has 0 saturated heterocycles. The summed E-state index contributed by atoms with van der Waals surface area (Å²) < 4.78 is 5.45. The van der Waals surface area contributed by atoms with Gasteiger partial charge in [0.2, 0.25) is 0 Å². The number of hydrogen-bond donors (Lipinski definition) is 2. The predicted molar refractivity (Wildman–Crippen MR) is 83.5 cm³/mol. The van der Waals surface area contributed by atoms with Gasteiger partial charge in [-0.3, -0.25) is 4.79 Å². The predicted octanol–water partition coefficient (Wildman–Crippen LogP) is 2.76. The van der Waals surface area contributed by atoms with E-state index in [4.69, 9.17) is 15.4 Å². The third-order valence-corrected chi connectivity index (χ3v) is 3.63. The summed E-state index contributed by atoms with van der Waals surface area (Å²) in [6, 6.07) is 12.6. The average molecular weight is 296 g/mol. The molecule has 0 saturated carbocycles. The number of nitrogens with two attached hydrogens (primary N) is 1. The number of rotatable bonds is 4. The molecule has 0 aliphatic heterocycles. The third kappa shape index (κ3) is 2.71. The number of hydrogen-bond acceptors (Lipinski definition) is 4. The highest BCUT2D eigenvalue weighted by atomic mass is 16.5. The highest BCUT2D eigenvalue weighted by Crippen LogP contribution is 2.29. The molecule has 5 heteroatoms. The molecular weight excluding hydrogens is 280 g/mol. The fraction of sp³-hybridized carbons (Fsp3) is 0.176. The molecule has 1 atom stereocenters. The maximum absolute atomic E-state index is 10.9. The van der Waals surface area contributed by atoms with Crippen molar-refractivity contribution in [2.24, 2.45) is 5.73 Å². The van der Waals surface area contributed by atoms with Crippen molar-refractivity contribution in [3.8, 4) is 11.3 Å². The number of fused-ring (bicyclic) bond motifs is 1. The normalized spacial score (nSPS) is 12.5. The number of benzene rings is 2. The van der Waals surface area contributed by atoms with Gasteiger partial charge in [0, 0.05) is 10.9 Å². The Morgan fingerprint density at radius 1 is 1.27 bits per heavy atom. The molecule has 3 rings (SSSR count). The summed E-state index contributed by atoms with van der Waals surface area (Å²) in [6.07, 6.45) is 0.268. The Labute approximate surface area is 127 Å². The van der Waals surface area contributed by atoms with Crippen LogP contribution in [0.2, 0.25) is 0 Å². The molecule has 0 radical (unpaired) electrons. The molecule has 5 nitrogen and oxygen atoms in total. The molecule has 112 valence electrons. The van der Waals surface area contributed by atoms with Crippen LogP contribution in [-0.2, 0) is 11.2 Å². The summed E-state index contributed by atoms with van der Waals surface area (Å²) in [5.74, 6) is -0.329. The molecule has 3 N–H and O–H groups in total. The maximum Gasteiger partial charge on any atom is 0.320 e. The Hall–Kier alpha value is -2.66. The number of carboxylic acids is 1. The SMILES string of the molecule is Cc1ccc(-c2onc3ccc(CC(N)C(=O)O)cc23)cc1. The minimum atomic E-state index is -1.01. The lowest BCUT2D eigenvalue weighted by Gasteiger charge is -2.06. The van der Waals surface area contributed by atoms with Crippen LogP contribution < -0.4 is 5.73 Å². The molecule has 0 spiro atoms. The fourth-order valence-corrected chi connectivity index (χ4v) is 2.37. The minimum Gasteiger partial charge on any atom is -0.480 e. The summed E-state index contributed by atoms with van der Waals surface area (Å²) in [4.78, 5) is 10.9. The molecule has 2 aromatic carbocycles. The van der Waals surface area contributed by atoms with Crippen molar-refractivity contribution in [2.45, 2.75) is 19.4 Å². The van der Waals surface area contributed by atoms with Gasteiger partial charge in [-0.1, -0.05) is 41.1 Å². The van der Waals surface area contributed by atoms with Gasteiger partial charge < -0.3 is 15.4 Å². The second kappa shape index (κ2) is 5.61. The van der Waals surface area contributed by atoms with E-state index in [9.17, 15) is 4.79 Å². The van der Waals surface area contributed by atoms with E-state index >= 15 is 0 Å². The van der Waals surface area contributed by atoms with Crippen LogP contribution in [0.3, 0.4) is 0 Å². The Balaban J connectivity index is 2.01. The van der Waals surface area contributed by atoms with Crippen molar-refractivity contribution < 1.29 is 14.4 Å². The largest absolute Gasteiger partial charge is 0.480 e. The van der Waals surface area contributed by atoms with Gasteiger partial charge in [-0.25, -0.2) is 0 Å². The number of carboxylic acid groups (broad SMARTS) is 1. The molecule has 0 fully saturated rings. The first kappa shape index (κ1) is 14.3. The van der Waals surface area contributed by atoms with Gasteiger partial charge in [0.1, 0.15) is 11.6 Å². The van der Waals surface area contributed by atoms with Gasteiger partial charge in [0.25, 0.3) is 0 Å². The Kier molecular flexibility index (Phi) is 3.65. The molecular formula is C17H16N2O3. The Morgan fingerprint density at radius 2 is 2.00 bits per heavy atom. The van der Waals surface area contributed by atoms with Crippen LogP contribution in [0.1, 0.15) is 11.1 Å². The van der Waals surface area contributed by atoms with Crippen LogP contribution in [0, 0.1) is 6.92 Å². The molecule has 1 aromatic heterocycles. The van der Waals surface area contributed by atoms with E-state index in [-0.39, 0.29) is 6.42 Å². The van der Waals surface area contributed by atoms with E-state index in [0.29, 0.717) is 5.76 Å². The van der Waals surface area contributed by atoms with Crippen LogP contribution in [0.25, 0.3) is 22.2 Å². The lowest BCUT2D eigenvalue weighted by Crippen LogP contribution is -2.32. The van der Waals surface area contributed by atoms with Gasteiger partial charge >= 0.3 is 5.97 Å². The van der Waals surface area contributed by atoms with Crippen LogP contribution >= 0.6 is 0 Å². The monoisotopic (exact) mass is 296 g/mol. The van der Waals surface area contributed by atoms with E-state index < -0.39 is 12.0 Å². The second-order valence-electron chi connectivity index (χ2n) is 5.38. The number of carbonyl (C=O) groups is 1. The van der Waals surface area contributed by atoms with Gasteiger partial charge in [-0.05, 0) is 31.0 Å². The van der Waals surface area contributed by atoms with Crippen molar-refractivity contribution >= 4 is 16.9 Å². The molecule has 0 aliphatic carbocycles. The Bertz CT molecular complexity index is 822.